The number of allylic oxidation sites excluding steroid dienone is 4. The fraction of sp³-hybridized carbons (Fsp3) is 0.595. The third kappa shape index (κ3) is 21.3. The number of hydrogen-bond donors (Lipinski definition) is 4. The van der Waals surface area contributed by atoms with Crippen LogP contribution in [0.25, 0.3) is 6.08 Å². The zero-order chi connectivity index (χ0) is 36.0. The molecule has 12 nitrogen and oxygen atoms in total. The Morgan fingerprint density at radius 2 is 1.73 bits per heavy atom. The van der Waals surface area contributed by atoms with Crippen molar-refractivity contribution in [2.45, 2.75) is 110 Å². The van der Waals surface area contributed by atoms with Gasteiger partial charge in [0.2, 0.25) is 0 Å². The molecule has 2 atom stereocenters. The molecule has 0 amide bonds. The van der Waals surface area contributed by atoms with E-state index in [1.54, 1.807) is 43.0 Å². The summed E-state index contributed by atoms with van der Waals surface area (Å²) >= 11 is 0. The first-order chi connectivity index (χ1) is 23.3. The molecule has 1 aromatic carbocycles. The molecule has 4 N–H and O–H groups in total. The van der Waals surface area contributed by atoms with Gasteiger partial charge in [-0.2, -0.15) is 0 Å². The SMILES string of the molecule is CC(Cc1cn(COCCCCCCO\C=C/C(=C\C=N)/C=C/c2ccc(O)cc2)nn1)OCOCCC(C)(C)OCC(O)CC(C)(C)O. The van der Waals surface area contributed by atoms with Gasteiger partial charge in [-0.25, -0.2) is 4.68 Å². The van der Waals surface area contributed by atoms with E-state index in [0.29, 0.717) is 39.4 Å². The summed E-state index contributed by atoms with van der Waals surface area (Å²) in [5, 5.41) is 45.0. The van der Waals surface area contributed by atoms with Crippen LogP contribution in [0.4, 0.5) is 0 Å². The van der Waals surface area contributed by atoms with E-state index in [9.17, 15) is 15.3 Å². The monoisotopic (exact) mass is 686 g/mol. The number of aliphatic hydroxyl groups is 2. The number of unbranched alkanes of at least 4 members (excludes halogenated alkanes) is 3. The van der Waals surface area contributed by atoms with Crippen molar-refractivity contribution >= 4 is 12.3 Å². The Hall–Kier alpha value is -3.39. The molecule has 0 bridgehead atoms. The molecule has 2 aromatic rings. The van der Waals surface area contributed by atoms with Gasteiger partial charge in [-0.1, -0.05) is 35.9 Å². The number of phenolic OH excluding ortho intramolecular Hbond substituents is 1. The number of aliphatic hydroxyl groups excluding tert-OH is 1. The minimum absolute atomic E-state index is 0.0968. The summed E-state index contributed by atoms with van der Waals surface area (Å²) in [7, 11) is 0. The molecule has 0 fully saturated rings. The van der Waals surface area contributed by atoms with Gasteiger partial charge in [0, 0.05) is 25.7 Å². The maximum absolute atomic E-state index is 10.0. The van der Waals surface area contributed by atoms with E-state index in [1.807, 2.05) is 57.3 Å². The summed E-state index contributed by atoms with van der Waals surface area (Å²) in [4.78, 5) is 0. The summed E-state index contributed by atoms with van der Waals surface area (Å²) in [6.07, 6.45) is 16.7. The maximum Gasteiger partial charge on any atom is 0.147 e. The Kier molecular flexibility index (Phi) is 19.7. The lowest BCUT2D eigenvalue weighted by Gasteiger charge is -2.28. The van der Waals surface area contributed by atoms with Crippen LogP contribution in [-0.2, 0) is 36.8 Å². The Bertz CT molecular complexity index is 1270. The van der Waals surface area contributed by atoms with Gasteiger partial charge >= 0.3 is 0 Å². The first-order valence-electron chi connectivity index (χ1n) is 17.0. The van der Waals surface area contributed by atoms with Crippen LogP contribution in [0, 0.1) is 5.41 Å². The fourth-order valence-corrected chi connectivity index (χ4v) is 4.56. The number of aromatic nitrogens is 3. The quantitative estimate of drug-likeness (QED) is 0.0290. The second-order valence-corrected chi connectivity index (χ2v) is 13.3. The first kappa shape index (κ1) is 41.8. The minimum atomic E-state index is -0.937. The predicted molar refractivity (Wildman–Crippen MR) is 190 cm³/mol. The van der Waals surface area contributed by atoms with Crippen LogP contribution in [0.2, 0.25) is 0 Å². The topological polar surface area (TPSA) is 161 Å². The molecular formula is C37H58N4O8. The standard InChI is InChI=1S/C37H58N4O8/c1-30(48-29-47-23-18-37(4,5)49-27-35(43)25-36(2,3)44)24-33-26-41(40-39-33)28-46-21-9-7-6-8-20-45-22-17-32(16-19-38)11-10-31-12-14-34(42)15-13-31/h10-17,19,22,26,30,35,38,42-44H,6-9,18,20-21,23-25,27-29H2,1-5H3/b11-10+,22-17-,32-16-,38-19?. The number of phenols is 1. The molecular weight excluding hydrogens is 628 g/mol. The molecule has 0 saturated carbocycles. The molecule has 12 heteroatoms. The van der Waals surface area contributed by atoms with Gasteiger partial charge in [0.25, 0.3) is 0 Å². The second-order valence-electron chi connectivity index (χ2n) is 13.3. The van der Waals surface area contributed by atoms with Crippen molar-refractivity contribution in [2.75, 3.05) is 33.2 Å². The summed E-state index contributed by atoms with van der Waals surface area (Å²) in [5.41, 5.74) is 1.20. The molecule has 0 aliphatic rings. The third-order valence-corrected chi connectivity index (χ3v) is 7.29. The lowest BCUT2D eigenvalue weighted by atomic mass is 10.0. The highest BCUT2D eigenvalue weighted by Gasteiger charge is 2.23. The number of benzene rings is 1. The van der Waals surface area contributed by atoms with Gasteiger partial charge in [0.1, 0.15) is 19.3 Å². The Morgan fingerprint density at radius 3 is 2.45 bits per heavy atom. The molecule has 0 saturated heterocycles. The average molecular weight is 687 g/mol. The first-order valence-corrected chi connectivity index (χ1v) is 17.0. The Morgan fingerprint density at radius 1 is 1.00 bits per heavy atom. The smallest absolute Gasteiger partial charge is 0.147 e. The van der Waals surface area contributed by atoms with E-state index in [0.717, 1.165) is 42.5 Å². The van der Waals surface area contributed by atoms with Gasteiger partial charge in [0.05, 0.1) is 61.4 Å². The molecule has 49 heavy (non-hydrogen) atoms. The lowest BCUT2D eigenvalue weighted by molar-refractivity contribution is -0.114. The normalized spacial score (nSPS) is 14.1. The van der Waals surface area contributed by atoms with Crippen molar-refractivity contribution in [3.05, 3.63) is 71.8 Å². The maximum atomic E-state index is 10.0. The number of rotatable bonds is 27. The Balaban J connectivity index is 1.48. The van der Waals surface area contributed by atoms with Crippen LogP contribution in [0.1, 0.15) is 84.4 Å². The molecule has 0 aliphatic heterocycles. The van der Waals surface area contributed by atoms with E-state index in [1.165, 1.54) is 6.21 Å². The average Bonchev–Trinajstić information content (AvgIpc) is 3.48. The lowest BCUT2D eigenvalue weighted by Crippen LogP contribution is -2.34. The van der Waals surface area contributed by atoms with Crippen molar-refractivity contribution in [1.29, 1.82) is 5.41 Å². The molecule has 0 aliphatic carbocycles. The second kappa shape index (κ2) is 23.1. The van der Waals surface area contributed by atoms with Crippen LogP contribution in [0.5, 0.6) is 5.75 Å². The fourth-order valence-electron chi connectivity index (χ4n) is 4.56. The van der Waals surface area contributed by atoms with Crippen molar-refractivity contribution in [3.8, 4) is 5.75 Å². The van der Waals surface area contributed by atoms with E-state index >= 15 is 0 Å². The van der Waals surface area contributed by atoms with Gasteiger partial charge in [-0.05, 0) is 95.7 Å². The molecule has 1 heterocycles. The largest absolute Gasteiger partial charge is 0.508 e. The van der Waals surface area contributed by atoms with Gasteiger partial charge in [-0.3, -0.25) is 0 Å². The zero-order valence-electron chi connectivity index (χ0n) is 29.9. The van der Waals surface area contributed by atoms with Crippen LogP contribution in [0.3, 0.4) is 0 Å². The number of ether oxygens (including phenoxy) is 5. The van der Waals surface area contributed by atoms with Crippen LogP contribution < -0.4 is 0 Å². The Labute approximate surface area is 291 Å². The highest BCUT2D eigenvalue weighted by Crippen LogP contribution is 2.18. The van der Waals surface area contributed by atoms with Crippen LogP contribution >= 0.6 is 0 Å². The molecule has 0 radical (unpaired) electrons. The zero-order valence-corrected chi connectivity index (χ0v) is 29.9. The number of aromatic hydroxyl groups is 1. The summed E-state index contributed by atoms with van der Waals surface area (Å²) in [6, 6.07) is 6.91. The van der Waals surface area contributed by atoms with Crippen LogP contribution in [-0.4, -0.2) is 93.2 Å². The number of hydrogen-bond acceptors (Lipinski definition) is 11. The molecule has 1 aromatic heterocycles. The van der Waals surface area contributed by atoms with Crippen LogP contribution in [0.15, 0.2) is 60.5 Å². The predicted octanol–water partition coefficient (Wildman–Crippen LogP) is 5.97. The number of nitrogens with one attached hydrogen (secondary N) is 1. The highest BCUT2D eigenvalue weighted by molar-refractivity contribution is 5.72. The molecule has 2 unspecified atom stereocenters. The molecule has 274 valence electrons. The summed E-state index contributed by atoms with van der Waals surface area (Å²) in [5.74, 6) is 0.227. The van der Waals surface area contributed by atoms with Gasteiger partial charge in [0.15, 0.2) is 0 Å². The van der Waals surface area contributed by atoms with Gasteiger partial charge < -0.3 is 44.4 Å². The van der Waals surface area contributed by atoms with E-state index < -0.39 is 17.3 Å². The van der Waals surface area contributed by atoms with Gasteiger partial charge in [-0.15, -0.1) is 5.10 Å². The summed E-state index contributed by atoms with van der Waals surface area (Å²) in [6.45, 7) is 11.5. The van der Waals surface area contributed by atoms with E-state index in [4.69, 9.17) is 29.1 Å². The van der Waals surface area contributed by atoms with E-state index in [2.05, 4.69) is 10.3 Å². The van der Waals surface area contributed by atoms with Crippen molar-refractivity contribution < 1.29 is 39.0 Å². The van der Waals surface area contributed by atoms with Crippen molar-refractivity contribution in [3.63, 3.8) is 0 Å². The van der Waals surface area contributed by atoms with E-state index in [-0.39, 0.29) is 31.7 Å². The summed E-state index contributed by atoms with van der Waals surface area (Å²) < 4.78 is 30.3. The molecule has 0 spiro atoms. The minimum Gasteiger partial charge on any atom is -0.508 e. The third-order valence-electron chi connectivity index (χ3n) is 7.29. The number of nitrogens with zero attached hydrogens (tertiary/aromatic N) is 3. The van der Waals surface area contributed by atoms with Crippen molar-refractivity contribution in [2.24, 2.45) is 0 Å². The highest BCUT2D eigenvalue weighted by atomic mass is 16.7. The molecule has 2 rings (SSSR count). The van der Waals surface area contributed by atoms with Crippen molar-refractivity contribution in [1.82, 2.24) is 15.0 Å².